The second-order valence-electron chi connectivity index (χ2n) is 10.3. The molecule has 0 spiro atoms. The van der Waals surface area contributed by atoms with Gasteiger partial charge < -0.3 is 29.5 Å². The number of nitrogens with one attached hydrogen (secondary N) is 1. The Labute approximate surface area is 208 Å². The van der Waals surface area contributed by atoms with Crippen molar-refractivity contribution in [1.82, 2.24) is 9.47 Å². The molecule has 3 aliphatic rings. The average Bonchev–Trinajstić information content (AvgIpc) is 3.64. The molecule has 1 aromatic heterocycles. The topological polar surface area (TPSA) is 104 Å². The van der Waals surface area contributed by atoms with Crippen LogP contribution in [0, 0.1) is 0 Å². The van der Waals surface area contributed by atoms with Gasteiger partial charge in [-0.3, -0.25) is 14.4 Å². The van der Waals surface area contributed by atoms with Crippen LogP contribution in [0.2, 0.25) is 0 Å². The Morgan fingerprint density at radius 3 is 2.64 bits per heavy atom. The zero-order valence-corrected chi connectivity index (χ0v) is 20.5. The quantitative estimate of drug-likeness (QED) is 0.607. The number of ether oxygens (including phenoxy) is 1. The van der Waals surface area contributed by atoms with Crippen LogP contribution < -0.4 is 15.8 Å². The maximum absolute atomic E-state index is 14.5. The molecule has 0 unspecified atom stereocenters. The molecular formula is C26H31FN4O5. The summed E-state index contributed by atoms with van der Waals surface area (Å²) in [5.74, 6) is -0.837. The summed E-state index contributed by atoms with van der Waals surface area (Å²) in [6, 6.07) is 6.82. The predicted octanol–water partition coefficient (Wildman–Crippen LogP) is 2.34. The SMILES string of the molecule is CC(C)(O)[C@H](F)CN1Cc2cc(NC(=O)c3cccn(C4CC4)c3=O)c(N3CCOCC3)cc2C1=O. The number of carbonyl (C=O) groups is 2. The number of hydrogen-bond acceptors (Lipinski definition) is 6. The van der Waals surface area contributed by atoms with Gasteiger partial charge in [-0.25, -0.2) is 4.39 Å². The third-order valence-electron chi connectivity index (χ3n) is 7.01. The lowest BCUT2D eigenvalue weighted by molar-refractivity contribution is -0.0159. The highest BCUT2D eigenvalue weighted by molar-refractivity contribution is 6.07. The van der Waals surface area contributed by atoms with E-state index in [2.05, 4.69) is 5.32 Å². The molecule has 2 fully saturated rings. The van der Waals surface area contributed by atoms with Gasteiger partial charge >= 0.3 is 0 Å². The van der Waals surface area contributed by atoms with Crippen LogP contribution in [0.1, 0.15) is 59.0 Å². The third kappa shape index (κ3) is 4.75. The summed E-state index contributed by atoms with van der Waals surface area (Å²) in [5, 5.41) is 12.9. The second kappa shape index (κ2) is 9.33. The van der Waals surface area contributed by atoms with E-state index in [0.717, 1.165) is 12.8 Å². The van der Waals surface area contributed by atoms with Crippen LogP contribution in [0.4, 0.5) is 15.8 Å². The lowest BCUT2D eigenvalue weighted by Crippen LogP contribution is -2.42. The van der Waals surface area contributed by atoms with Gasteiger partial charge in [0.1, 0.15) is 11.7 Å². The first-order chi connectivity index (χ1) is 17.1. The number of rotatable bonds is 7. The van der Waals surface area contributed by atoms with Gasteiger partial charge in [0.2, 0.25) is 0 Å². The van der Waals surface area contributed by atoms with Crippen LogP contribution in [0.25, 0.3) is 0 Å². The van der Waals surface area contributed by atoms with Crippen LogP contribution >= 0.6 is 0 Å². The molecule has 1 saturated carbocycles. The van der Waals surface area contributed by atoms with Gasteiger partial charge in [0.25, 0.3) is 17.4 Å². The smallest absolute Gasteiger partial charge is 0.263 e. The number of nitrogens with zero attached hydrogens (tertiary/aromatic N) is 3. The van der Waals surface area contributed by atoms with Crippen LogP contribution in [0.15, 0.2) is 35.3 Å². The van der Waals surface area contributed by atoms with E-state index < -0.39 is 17.7 Å². The van der Waals surface area contributed by atoms with E-state index in [0.29, 0.717) is 48.8 Å². The van der Waals surface area contributed by atoms with Crippen LogP contribution in [-0.2, 0) is 11.3 Å². The van der Waals surface area contributed by atoms with Crippen molar-refractivity contribution in [2.45, 2.75) is 51.0 Å². The molecule has 10 heteroatoms. The fourth-order valence-electron chi connectivity index (χ4n) is 4.65. The zero-order chi connectivity index (χ0) is 25.6. The highest BCUT2D eigenvalue weighted by Crippen LogP contribution is 2.36. The van der Waals surface area contributed by atoms with Gasteiger partial charge in [-0.2, -0.15) is 0 Å². The number of halogens is 1. The molecule has 2 aliphatic heterocycles. The Morgan fingerprint density at radius 1 is 1.25 bits per heavy atom. The number of alkyl halides is 1. The minimum absolute atomic E-state index is 0.0565. The highest BCUT2D eigenvalue weighted by atomic mass is 19.1. The molecular weight excluding hydrogens is 467 g/mol. The minimum Gasteiger partial charge on any atom is -0.387 e. The Bertz CT molecular complexity index is 1240. The second-order valence-corrected chi connectivity index (χ2v) is 10.3. The molecule has 192 valence electrons. The lowest BCUT2D eigenvalue weighted by atomic mass is 10.0. The molecule has 1 atom stereocenters. The van der Waals surface area contributed by atoms with Gasteiger partial charge in [-0.1, -0.05) is 0 Å². The van der Waals surface area contributed by atoms with E-state index in [1.807, 2.05) is 4.90 Å². The number of aliphatic hydroxyl groups is 1. The standard InChI is InChI=1S/C26H31FN4O5/c1-26(2,35)22(27)15-30-14-16-12-20(21(13-19(16)24(30)33)29-8-10-36-11-9-29)28-23(32)18-4-3-7-31(25(18)34)17-5-6-17/h3-4,7,12-13,17,22,35H,5-6,8-11,14-15H2,1-2H3,(H,28,32)/t22-/m1/s1. The number of amides is 2. The van der Waals surface area contributed by atoms with Gasteiger partial charge in [-0.15, -0.1) is 0 Å². The van der Waals surface area contributed by atoms with Crippen molar-refractivity contribution in [3.05, 3.63) is 57.5 Å². The minimum atomic E-state index is -1.61. The van der Waals surface area contributed by atoms with Crippen molar-refractivity contribution in [1.29, 1.82) is 0 Å². The molecule has 9 nitrogen and oxygen atoms in total. The molecule has 2 aromatic rings. The molecule has 36 heavy (non-hydrogen) atoms. The number of anilines is 2. The summed E-state index contributed by atoms with van der Waals surface area (Å²) >= 11 is 0. The molecule has 1 saturated heterocycles. The summed E-state index contributed by atoms with van der Waals surface area (Å²) in [6.07, 6.45) is 1.95. The van der Waals surface area contributed by atoms with E-state index in [9.17, 15) is 23.9 Å². The van der Waals surface area contributed by atoms with Crippen molar-refractivity contribution in [2.75, 3.05) is 43.1 Å². The number of hydrogen-bond donors (Lipinski definition) is 2. The largest absolute Gasteiger partial charge is 0.387 e. The first-order valence-electron chi connectivity index (χ1n) is 12.3. The van der Waals surface area contributed by atoms with Crippen LogP contribution in [0.3, 0.4) is 0 Å². The maximum atomic E-state index is 14.5. The van der Waals surface area contributed by atoms with Crippen LogP contribution in [0.5, 0.6) is 0 Å². The van der Waals surface area contributed by atoms with E-state index in [1.54, 1.807) is 29.0 Å². The fourth-order valence-corrected chi connectivity index (χ4v) is 4.65. The van der Waals surface area contributed by atoms with E-state index in [-0.39, 0.29) is 36.2 Å². The summed E-state index contributed by atoms with van der Waals surface area (Å²) < 4.78 is 21.6. The van der Waals surface area contributed by atoms with Gasteiger partial charge in [0.15, 0.2) is 0 Å². The van der Waals surface area contributed by atoms with Gasteiger partial charge in [0, 0.05) is 37.4 Å². The maximum Gasteiger partial charge on any atom is 0.263 e. The summed E-state index contributed by atoms with van der Waals surface area (Å²) in [6.45, 7) is 4.82. The number of pyridine rings is 1. The Kier molecular flexibility index (Phi) is 6.34. The molecule has 0 radical (unpaired) electrons. The Morgan fingerprint density at radius 2 is 1.97 bits per heavy atom. The summed E-state index contributed by atoms with van der Waals surface area (Å²) in [4.78, 5) is 42.6. The fraction of sp³-hybridized carbons (Fsp3) is 0.500. The number of morpholine rings is 1. The molecule has 1 aliphatic carbocycles. The molecule has 2 N–H and O–H groups in total. The monoisotopic (exact) mass is 498 g/mol. The van der Waals surface area contributed by atoms with Crippen LogP contribution in [-0.4, -0.2) is 71.0 Å². The summed E-state index contributed by atoms with van der Waals surface area (Å²) in [7, 11) is 0. The molecule has 5 rings (SSSR count). The number of fused-ring (bicyclic) bond motifs is 1. The van der Waals surface area contributed by atoms with Crippen molar-refractivity contribution >= 4 is 23.2 Å². The van der Waals surface area contributed by atoms with E-state index in [1.165, 1.54) is 24.8 Å². The molecule has 1 aromatic carbocycles. The zero-order valence-electron chi connectivity index (χ0n) is 20.5. The normalized spacial score (nSPS) is 18.8. The summed E-state index contributed by atoms with van der Waals surface area (Å²) in [5.41, 5.74) is 0.381. The number of benzene rings is 1. The molecule has 3 heterocycles. The molecule has 2 amide bonds. The Hall–Kier alpha value is -3.24. The van der Waals surface area contributed by atoms with Crippen molar-refractivity contribution in [3.63, 3.8) is 0 Å². The van der Waals surface area contributed by atoms with Crippen molar-refractivity contribution in [3.8, 4) is 0 Å². The van der Waals surface area contributed by atoms with Gasteiger partial charge in [0.05, 0.1) is 36.7 Å². The first-order valence-corrected chi connectivity index (χ1v) is 12.3. The number of aromatic nitrogens is 1. The van der Waals surface area contributed by atoms with Crippen molar-refractivity contribution < 1.29 is 23.8 Å². The predicted molar refractivity (Wildman–Crippen MR) is 132 cm³/mol. The van der Waals surface area contributed by atoms with Crippen molar-refractivity contribution in [2.24, 2.45) is 0 Å². The lowest BCUT2D eigenvalue weighted by Gasteiger charge is -2.31. The average molecular weight is 499 g/mol. The Balaban J connectivity index is 1.46. The van der Waals surface area contributed by atoms with Gasteiger partial charge in [-0.05, 0) is 56.5 Å². The van der Waals surface area contributed by atoms with E-state index in [4.69, 9.17) is 4.74 Å². The third-order valence-corrected chi connectivity index (χ3v) is 7.01. The molecule has 0 bridgehead atoms. The first kappa shape index (κ1) is 24.5. The van der Waals surface area contributed by atoms with E-state index >= 15 is 0 Å². The highest BCUT2D eigenvalue weighted by Gasteiger charge is 2.36. The number of carbonyl (C=O) groups excluding carboxylic acids is 2.